The fourth-order valence-corrected chi connectivity index (χ4v) is 3.64. The monoisotopic (exact) mass is 290 g/mol. The number of carbonyl (C=O) groups is 1. The van der Waals surface area contributed by atoms with Crippen molar-refractivity contribution in [3.8, 4) is 0 Å². The number of aromatic nitrogens is 2. The van der Waals surface area contributed by atoms with E-state index in [1.165, 1.54) is 25.7 Å². The lowest BCUT2D eigenvalue weighted by molar-refractivity contribution is -0.119. The Kier molecular flexibility index (Phi) is 3.78. The van der Waals surface area contributed by atoms with E-state index in [9.17, 15) is 4.79 Å². The fraction of sp³-hybridized carbons (Fsp3) is 0.750. The maximum atomic E-state index is 12.4. The summed E-state index contributed by atoms with van der Waals surface area (Å²) in [5.41, 5.74) is 2.02. The molecule has 0 radical (unpaired) electrons. The summed E-state index contributed by atoms with van der Waals surface area (Å²) in [6.07, 6.45) is 7.67. The summed E-state index contributed by atoms with van der Waals surface area (Å²) in [6.45, 7) is 7.10. The minimum absolute atomic E-state index is 0.0502. The van der Waals surface area contributed by atoms with E-state index >= 15 is 0 Å². The van der Waals surface area contributed by atoms with E-state index in [4.69, 9.17) is 0 Å². The lowest BCUT2D eigenvalue weighted by Crippen LogP contribution is -2.31. The Morgan fingerprint density at radius 3 is 2.76 bits per heavy atom. The van der Waals surface area contributed by atoms with Crippen molar-refractivity contribution in [2.45, 2.75) is 64.5 Å². The minimum atomic E-state index is 0.0502. The van der Waals surface area contributed by atoms with Crippen LogP contribution in [0.3, 0.4) is 0 Å². The molecule has 1 aliphatic heterocycles. The van der Waals surface area contributed by atoms with Crippen LogP contribution in [0.4, 0.5) is 5.69 Å². The predicted octanol–water partition coefficient (Wildman–Crippen LogP) is 2.63. The summed E-state index contributed by atoms with van der Waals surface area (Å²) in [5.74, 6) is 0.163. The SMILES string of the molecule is Cc1c(NC(=O)C2CNC(C)(C)C2)cnn1C1CCCC1. The first-order valence-corrected chi connectivity index (χ1v) is 8.06. The molecule has 1 saturated heterocycles. The van der Waals surface area contributed by atoms with Crippen LogP contribution in [0, 0.1) is 12.8 Å². The van der Waals surface area contributed by atoms with E-state index < -0.39 is 0 Å². The quantitative estimate of drug-likeness (QED) is 0.899. The van der Waals surface area contributed by atoms with Crippen molar-refractivity contribution in [3.05, 3.63) is 11.9 Å². The van der Waals surface area contributed by atoms with Crippen LogP contribution in [0.5, 0.6) is 0 Å². The maximum Gasteiger partial charge on any atom is 0.228 e. The Labute approximate surface area is 126 Å². The van der Waals surface area contributed by atoms with Gasteiger partial charge in [-0.15, -0.1) is 0 Å². The normalized spacial score (nSPS) is 25.4. The van der Waals surface area contributed by atoms with Gasteiger partial charge in [-0.25, -0.2) is 0 Å². The number of nitrogens with zero attached hydrogens (tertiary/aromatic N) is 2. The van der Waals surface area contributed by atoms with E-state index in [1.54, 1.807) is 6.20 Å². The molecule has 1 aromatic heterocycles. The Hall–Kier alpha value is -1.36. The highest BCUT2D eigenvalue weighted by molar-refractivity contribution is 5.93. The molecule has 1 atom stereocenters. The van der Waals surface area contributed by atoms with Crippen LogP contribution in [-0.2, 0) is 4.79 Å². The van der Waals surface area contributed by atoms with Crippen LogP contribution in [0.25, 0.3) is 0 Å². The van der Waals surface area contributed by atoms with Gasteiger partial charge >= 0.3 is 0 Å². The molecule has 21 heavy (non-hydrogen) atoms. The number of carbonyl (C=O) groups excluding carboxylic acids is 1. The van der Waals surface area contributed by atoms with Gasteiger partial charge in [-0.05, 0) is 40.0 Å². The molecule has 5 nitrogen and oxygen atoms in total. The Balaban J connectivity index is 1.66. The van der Waals surface area contributed by atoms with Crippen LogP contribution < -0.4 is 10.6 Å². The molecule has 2 N–H and O–H groups in total. The molecule has 1 amide bonds. The van der Waals surface area contributed by atoms with Gasteiger partial charge in [0.25, 0.3) is 0 Å². The molecule has 5 heteroatoms. The third-order valence-electron chi connectivity index (χ3n) is 4.93. The third kappa shape index (κ3) is 2.98. The zero-order valence-electron chi connectivity index (χ0n) is 13.3. The second kappa shape index (κ2) is 5.44. The zero-order valence-corrected chi connectivity index (χ0v) is 13.3. The van der Waals surface area contributed by atoms with Crippen LogP contribution in [-0.4, -0.2) is 27.8 Å². The van der Waals surface area contributed by atoms with Crippen LogP contribution in [0.15, 0.2) is 6.20 Å². The van der Waals surface area contributed by atoms with Gasteiger partial charge in [0.15, 0.2) is 0 Å². The van der Waals surface area contributed by atoms with Gasteiger partial charge in [0.1, 0.15) is 0 Å². The number of amides is 1. The summed E-state index contributed by atoms with van der Waals surface area (Å²) < 4.78 is 2.10. The van der Waals surface area contributed by atoms with E-state index in [2.05, 4.69) is 41.2 Å². The Morgan fingerprint density at radius 2 is 2.14 bits per heavy atom. The number of hydrogen-bond donors (Lipinski definition) is 2. The molecular formula is C16H26N4O. The van der Waals surface area contributed by atoms with Crippen LogP contribution >= 0.6 is 0 Å². The fourth-order valence-electron chi connectivity index (χ4n) is 3.64. The van der Waals surface area contributed by atoms with E-state index in [1.807, 2.05) is 0 Å². The van der Waals surface area contributed by atoms with Gasteiger partial charge < -0.3 is 10.6 Å². The maximum absolute atomic E-state index is 12.4. The van der Waals surface area contributed by atoms with E-state index in [0.29, 0.717) is 6.04 Å². The largest absolute Gasteiger partial charge is 0.323 e. The highest BCUT2D eigenvalue weighted by atomic mass is 16.2. The summed E-state index contributed by atoms with van der Waals surface area (Å²) in [7, 11) is 0. The smallest absolute Gasteiger partial charge is 0.228 e. The summed E-state index contributed by atoms with van der Waals surface area (Å²) in [6, 6.07) is 0.516. The molecule has 1 unspecified atom stereocenters. The second-order valence-corrected chi connectivity index (χ2v) is 7.18. The Bertz CT molecular complexity index is 528. The third-order valence-corrected chi connectivity index (χ3v) is 4.93. The lowest BCUT2D eigenvalue weighted by atomic mass is 9.96. The highest BCUT2D eigenvalue weighted by Crippen LogP contribution is 2.32. The highest BCUT2D eigenvalue weighted by Gasteiger charge is 2.34. The second-order valence-electron chi connectivity index (χ2n) is 7.18. The molecule has 1 saturated carbocycles. The number of nitrogens with one attached hydrogen (secondary N) is 2. The van der Waals surface area contributed by atoms with Gasteiger partial charge in [0, 0.05) is 12.1 Å². The van der Waals surface area contributed by atoms with Gasteiger partial charge in [0.2, 0.25) is 5.91 Å². The van der Waals surface area contributed by atoms with Crippen molar-refractivity contribution in [1.29, 1.82) is 0 Å². The molecule has 1 aliphatic carbocycles. The predicted molar refractivity (Wildman–Crippen MR) is 83.3 cm³/mol. The molecule has 0 spiro atoms. The van der Waals surface area contributed by atoms with E-state index in [0.717, 1.165) is 24.3 Å². The van der Waals surface area contributed by atoms with Gasteiger partial charge in [-0.1, -0.05) is 12.8 Å². The van der Waals surface area contributed by atoms with Crippen molar-refractivity contribution in [1.82, 2.24) is 15.1 Å². The summed E-state index contributed by atoms with van der Waals surface area (Å²) in [5, 5.41) is 11.0. The average Bonchev–Trinajstić information content (AvgIpc) is 3.12. The first kappa shape index (κ1) is 14.6. The minimum Gasteiger partial charge on any atom is -0.323 e. The molecule has 0 aromatic carbocycles. The van der Waals surface area contributed by atoms with Crippen molar-refractivity contribution in [2.24, 2.45) is 5.92 Å². The van der Waals surface area contributed by atoms with Gasteiger partial charge in [0.05, 0.1) is 29.5 Å². The van der Waals surface area contributed by atoms with Gasteiger partial charge in [-0.2, -0.15) is 5.10 Å². The molecule has 116 valence electrons. The molecule has 2 fully saturated rings. The topological polar surface area (TPSA) is 59.0 Å². The average molecular weight is 290 g/mol. The first-order valence-electron chi connectivity index (χ1n) is 8.06. The molecular weight excluding hydrogens is 264 g/mol. The van der Waals surface area contributed by atoms with Crippen molar-refractivity contribution >= 4 is 11.6 Å². The zero-order chi connectivity index (χ0) is 15.0. The summed E-state index contributed by atoms with van der Waals surface area (Å²) in [4.78, 5) is 12.4. The van der Waals surface area contributed by atoms with Crippen molar-refractivity contribution in [2.75, 3.05) is 11.9 Å². The number of hydrogen-bond acceptors (Lipinski definition) is 3. The molecule has 2 aliphatic rings. The molecule has 2 heterocycles. The van der Waals surface area contributed by atoms with Crippen molar-refractivity contribution < 1.29 is 4.79 Å². The van der Waals surface area contributed by atoms with Gasteiger partial charge in [-0.3, -0.25) is 9.48 Å². The summed E-state index contributed by atoms with van der Waals surface area (Å²) >= 11 is 0. The molecule has 0 bridgehead atoms. The lowest BCUT2D eigenvalue weighted by Gasteiger charge is -2.17. The standard InChI is InChI=1S/C16H26N4O/c1-11-14(10-18-20(11)13-6-4-5-7-13)19-15(21)12-8-16(2,3)17-9-12/h10,12-13,17H,4-9H2,1-3H3,(H,19,21). The van der Waals surface area contributed by atoms with Crippen LogP contribution in [0.2, 0.25) is 0 Å². The van der Waals surface area contributed by atoms with Crippen molar-refractivity contribution in [3.63, 3.8) is 0 Å². The first-order chi connectivity index (χ1) is 9.96. The van der Waals surface area contributed by atoms with E-state index in [-0.39, 0.29) is 17.4 Å². The Morgan fingerprint density at radius 1 is 1.43 bits per heavy atom. The number of anilines is 1. The number of rotatable bonds is 3. The molecule has 1 aromatic rings. The molecule has 3 rings (SSSR count). The van der Waals surface area contributed by atoms with Crippen LogP contribution in [0.1, 0.15) is 57.7 Å².